The van der Waals surface area contributed by atoms with Gasteiger partial charge >= 0.3 is 0 Å². The van der Waals surface area contributed by atoms with Crippen LogP contribution in [0.2, 0.25) is 0 Å². The van der Waals surface area contributed by atoms with Gasteiger partial charge in [-0.3, -0.25) is 0 Å². The van der Waals surface area contributed by atoms with Crippen molar-refractivity contribution in [3.8, 4) is 0 Å². The predicted molar refractivity (Wildman–Crippen MR) is 64.0 cm³/mol. The molecular formula is C11H23NOS. The number of hydrogen-bond acceptors (Lipinski definition) is 3. The summed E-state index contributed by atoms with van der Waals surface area (Å²) in [7, 11) is 0. The van der Waals surface area contributed by atoms with Crippen LogP contribution in [0.5, 0.6) is 0 Å². The van der Waals surface area contributed by atoms with Gasteiger partial charge in [-0.15, -0.1) is 0 Å². The van der Waals surface area contributed by atoms with Crippen LogP contribution in [0.3, 0.4) is 0 Å². The summed E-state index contributed by atoms with van der Waals surface area (Å²) in [4.78, 5) is 0. The lowest BCUT2D eigenvalue weighted by atomic mass is 10.0. The Balaban J connectivity index is 1.82. The molecule has 0 saturated carbocycles. The van der Waals surface area contributed by atoms with Crippen LogP contribution < -0.4 is 5.32 Å². The zero-order valence-corrected chi connectivity index (χ0v) is 10.1. The van der Waals surface area contributed by atoms with E-state index in [1.165, 1.54) is 30.9 Å². The zero-order chi connectivity index (χ0) is 10.1. The number of hydrogen-bond donors (Lipinski definition) is 1. The van der Waals surface area contributed by atoms with Crippen LogP contribution in [0.15, 0.2) is 0 Å². The number of rotatable bonds is 7. The molecule has 0 aromatic rings. The van der Waals surface area contributed by atoms with Crippen LogP contribution in [0, 0.1) is 5.92 Å². The average molecular weight is 217 g/mol. The lowest BCUT2D eigenvalue weighted by Gasteiger charge is -2.21. The fraction of sp³-hybridized carbons (Fsp3) is 1.00. The third-order valence-electron chi connectivity index (χ3n) is 2.62. The Bertz CT molecular complexity index is 126. The summed E-state index contributed by atoms with van der Waals surface area (Å²) in [5.74, 6) is 3.67. The van der Waals surface area contributed by atoms with Gasteiger partial charge in [0, 0.05) is 13.2 Å². The minimum Gasteiger partial charge on any atom is -0.382 e. The third kappa shape index (κ3) is 5.89. The predicted octanol–water partition coefficient (Wildman–Crippen LogP) is 2.15. The molecule has 0 aromatic carbocycles. The normalized spacial score (nSPS) is 18.6. The molecule has 0 unspecified atom stereocenters. The Hall–Kier alpha value is 0.270. The SMILES string of the molecule is CCOCCCNCC1CCSCC1. The van der Waals surface area contributed by atoms with E-state index in [-0.39, 0.29) is 0 Å². The zero-order valence-electron chi connectivity index (χ0n) is 9.26. The first-order chi connectivity index (χ1) is 6.93. The Morgan fingerprint density at radius 3 is 2.86 bits per heavy atom. The maximum Gasteiger partial charge on any atom is 0.0477 e. The van der Waals surface area contributed by atoms with Gasteiger partial charge in [0.25, 0.3) is 0 Å². The molecule has 1 aliphatic heterocycles. The Morgan fingerprint density at radius 2 is 2.14 bits per heavy atom. The van der Waals surface area contributed by atoms with E-state index >= 15 is 0 Å². The first-order valence-corrected chi connectivity index (χ1v) is 6.95. The van der Waals surface area contributed by atoms with Gasteiger partial charge in [-0.2, -0.15) is 11.8 Å². The second kappa shape index (κ2) is 8.57. The first-order valence-electron chi connectivity index (χ1n) is 5.79. The van der Waals surface area contributed by atoms with Crippen molar-refractivity contribution in [1.82, 2.24) is 5.32 Å². The summed E-state index contributed by atoms with van der Waals surface area (Å²) in [6, 6.07) is 0. The number of nitrogens with one attached hydrogen (secondary N) is 1. The van der Waals surface area contributed by atoms with Crippen molar-refractivity contribution in [1.29, 1.82) is 0 Å². The molecule has 14 heavy (non-hydrogen) atoms. The molecule has 1 N–H and O–H groups in total. The van der Waals surface area contributed by atoms with Crippen LogP contribution in [-0.2, 0) is 4.74 Å². The molecule has 0 radical (unpaired) electrons. The quantitative estimate of drug-likeness (QED) is 0.660. The molecule has 1 aliphatic rings. The van der Waals surface area contributed by atoms with Crippen LogP contribution in [-0.4, -0.2) is 37.8 Å². The summed E-state index contributed by atoms with van der Waals surface area (Å²) in [5.41, 5.74) is 0. The monoisotopic (exact) mass is 217 g/mol. The van der Waals surface area contributed by atoms with Crippen molar-refractivity contribution in [2.45, 2.75) is 26.2 Å². The molecule has 2 nitrogen and oxygen atoms in total. The van der Waals surface area contributed by atoms with E-state index in [1.54, 1.807) is 0 Å². The Kier molecular flexibility index (Phi) is 7.55. The van der Waals surface area contributed by atoms with E-state index in [0.29, 0.717) is 0 Å². The van der Waals surface area contributed by atoms with Gasteiger partial charge in [0.15, 0.2) is 0 Å². The van der Waals surface area contributed by atoms with Crippen LogP contribution in [0.25, 0.3) is 0 Å². The average Bonchev–Trinajstić information content (AvgIpc) is 2.25. The molecule has 0 bridgehead atoms. The Labute approximate surface area is 92.2 Å². The number of ether oxygens (including phenoxy) is 1. The minimum atomic E-state index is 0.847. The molecule has 0 spiro atoms. The molecule has 1 saturated heterocycles. The lowest BCUT2D eigenvalue weighted by Crippen LogP contribution is -2.27. The van der Waals surface area contributed by atoms with E-state index in [9.17, 15) is 0 Å². The highest BCUT2D eigenvalue weighted by Crippen LogP contribution is 2.21. The lowest BCUT2D eigenvalue weighted by molar-refractivity contribution is 0.144. The van der Waals surface area contributed by atoms with Gasteiger partial charge in [-0.1, -0.05) is 0 Å². The fourth-order valence-electron chi connectivity index (χ4n) is 1.70. The van der Waals surface area contributed by atoms with Crippen LogP contribution in [0.1, 0.15) is 26.2 Å². The van der Waals surface area contributed by atoms with Gasteiger partial charge in [0.05, 0.1) is 0 Å². The molecule has 3 heteroatoms. The summed E-state index contributed by atoms with van der Waals surface area (Å²) in [6.45, 7) is 6.13. The van der Waals surface area contributed by atoms with Crippen molar-refractivity contribution < 1.29 is 4.74 Å². The fourth-order valence-corrected chi connectivity index (χ4v) is 2.90. The summed E-state index contributed by atoms with van der Waals surface area (Å²) < 4.78 is 5.28. The summed E-state index contributed by atoms with van der Waals surface area (Å²) >= 11 is 2.10. The van der Waals surface area contributed by atoms with E-state index in [1.807, 2.05) is 6.92 Å². The summed E-state index contributed by atoms with van der Waals surface area (Å²) in [5, 5.41) is 3.52. The second-order valence-electron chi connectivity index (χ2n) is 3.81. The molecule has 0 atom stereocenters. The van der Waals surface area contributed by atoms with E-state index < -0.39 is 0 Å². The molecule has 1 heterocycles. The molecule has 0 amide bonds. The molecule has 1 fully saturated rings. The second-order valence-corrected chi connectivity index (χ2v) is 5.04. The van der Waals surface area contributed by atoms with Crippen molar-refractivity contribution in [3.63, 3.8) is 0 Å². The molecule has 0 aliphatic carbocycles. The first kappa shape index (κ1) is 12.3. The molecule has 1 rings (SSSR count). The van der Waals surface area contributed by atoms with Gasteiger partial charge in [0.2, 0.25) is 0 Å². The van der Waals surface area contributed by atoms with E-state index in [2.05, 4.69) is 17.1 Å². The molecular weight excluding hydrogens is 194 g/mol. The minimum absolute atomic E-state index is 0.847. The van der Waals surface area contributed by atoms with Crippen molar-refractivity contribution in [2.24, 2.45) is 5.92 Å². The highest BCUT2D eigenvalue weighted by molar-refractivity contribution is 7.99. The topological polar surface area (TPSA) is 21.3 Å². The van der Waals surface area contributed by atoms with Gasteiger partial charge in [-0.25, -0.2) is 0 Å². The van der Waals surface area contributed by atoms with Crippen molar-refractivity contribution >= 4 is 11.8 Å². The molecule has 84 valence electrons. The van der Waals surface area contributed by atoms with Crippen LogP contribution >= 0.6 is 11.8 Å². The van der Waals surface area contributed by atoms with E-state index in [0.717, 1.165) is 32.1 Å². The van der Waals surface area contributed by atoms with Crippen LogP contribution in [0.4, 0.5) is 0 Å². The largest absolute Gasteiger partial charge is 0.382 e. The number of thioether (sulfide) groups is 1. The van der Waals surface area contributed by atoms with Gasteiger partial charge in [0.1, 0.15) is 0 Å². The smallest absolute Gasteiger partial charge is 0.0477 e. The maximum absolute atomic E-state index is 5.28. The van der Waals surface area contributed by atoms with Crippen molar-refractivity contribution in [2.75, 3.05) is 37.8 Å². The third-order valence-corrected chi connectivity index (χ3v) is 3.67. The summed E-state index contributed by atoms with van der Waals surface area (Å²) in [6.07, 6.45) is 3.96. The van der Waals surface area contributed by atoms with Gasteiger partial charge in [-0.05, 0) is 56.7 Å². The van der Waals surface area contributed by atoms with Crippen molar-refractivity contribution in [3.05, 3.63) is 0 Å². The van der Waals surface area contributed by atoms with Gasteiger partial charge < -0.3 is 10.1 Å². The standard InChI is InChI=1S/C11H23NOS/c1-2-13-7-3-6-12-10-11-4-8-14-9-5-11/h11-12H,2-10H2,1H3. The van der Waals surface area contributed by atoms with E-state index in [4.69, 9.17) is 4.74 Å². The Morgan fingerprint density at radius 1 is 1.36 bits per heavy atom. The highest BCUT2D eigenvalue weighted by Gasteiger charge is 2.12. The molecule has 0 aromatic heterocycles. The maximum atomic E-state index is 5.28. The highest BCUT2D eigenvalue weighted by atomic mass is 32.2.